The van der Waals surface area contributed by atoms with Gasteiger partial charge < -0.3 is 24.8 Å². The van der Waals surface area contributed by atoms with Gasteiger partial charge in [0.1, 0.15) is 17.4 Å². The number of aromatic amines is 1. The van der Waals surface area contributed by atoms with Crippen LogP contribution in [0.15, 0.2) is 30.6 Å². The van der Waals surface area contributed by atoms with Gasteiger partial charge in [0.2, 0.25) is 0 Å². The molecule has 5 rings (SSSR count). The molecule has 0 spiro atoms. The van der Waals surface area contributed by atoms with Crippen LogP contribution in [0.3, 0.4) is 0 Å². The maximum atomic E-state index is 12.1. The third-order valence-corrected chi connectivity index (χ3v) is 7.04. The lowest BCUT2D eigenvalue weighted by Gasteiger charge is -2.16. The summed E-state index contributed by atoms with van der Waals surface area (Å²) < 4.78 is 17.2. The number of anilines is 2. The van der Waals surface area contributed by atoms with Crippen LogP contribution in [0.5, 0.6) is 5.75 Å². The first-order valence-electron chi connectivity index (χ1n) is 12.8. The summed E-state index contributed by atoms with van der Waals surface area (Å²) in [5, 5.41) is 14.6. The van der Waals surface area contributed by atoms with E-state index in [4.69, 9.17) is 14.2 Å². The third-order valence-electron chi connectivity index (χ3n) is 7.04. The zero-order valence-corrected chi connectivity index (χ0v) is 20.8. The molecule has 4 atom stereocenters. The van der Waals surface area contributed by atoms with Crippen molar-refractivity contribution in [3.05, 3.63) is 36.3 Å². The second-order valence-electron chi connectivity index (χ2n) is 9.73. The Morgan fingerprint density at radius 3 is 2.97 bits per heavy atom. The van der Waals surface area contributed by atoms with Crippen LogP contribution in [0.1, 0.15) is 57.6 Å². The van der Waals surface area contributed by atoms with E-state index in [9.17, 15) is 4.79 Å². The summed E-state index contributed by atoms with van der Waals surface area (Å²) in [5.41, 5.74) is 1.74. The molecule has 10 nitrogen and oxygen atoms in total. The lowest BCUT2D eigenvalue weighted by molar-refractivity contribution is 0.0974. The van der Waals surface area contributed by atoms with Gasteiger partial charge in [0.25, 0.3) is 0 Å². The number of nitrogens with zero attached hydrogens (tertiary/aromatic N) is 3. The van der Waals surface area contributed by atoms with Crippen molar-refractivity contribution in [1.82, 2.24) is 25.5 Å². The topological polar surface area (TPSA) is 123 Å². The molecule has 2 fully saturated rings. The van der Waals surface area contributed by atoms with Crippen molar-refractivity contribution in [3.63, 3.8) is 0 Å². The molecule has 1 saturated carbocycles. The van der Waals surface area contributed by atoms with Gasteiger partial charge in [-0.05, 0) is 51.2 Å². The van der Waals surface area contributed by atoms with Crippen molar-refractivity contribution >= 4 is 28.6 Å². The maximum Gasteiger partial charge on any atom is 0.407 e. The van der Waals surface area contributed by atoms with Crippen LogP contribution in [0.4, 0.5) is 16.4 Å². The van der Waals surface area contributed by atoms with Gasteiger partial charge in [-0.1, -0.05) is 6.92 Å². The Morgan fingerprint density at radius 1 is 1.25 bits per heavy atom. The Hall–Kier alpha value is -3.40. The molecule has 0 bridgehead atoms. The van der Waals surface area contributed by atoms with E-state index in [-0.39, 0.29) is 24.2 Å². The molecular formula is C26H34N6O4. The summed E-state index contributed by atoms with van der Waals surface area (Å²) in [7, 11) is 0. The molecule has 1 aliphatic heterocycles. The van der Waals surface area contributed by atoms with E-state index in [1.807, 2.05) is 32.0 Å². The molecule has 0 aromatic carbocycles. The number of alkyl carbamates (subject to hydrolysis) is 1. The first-order chi connectivity index (χ1) is 17.6. The summed E-state index contributed by atoms with van der Waals surface area (Å²) in [6.45, 7) is 6.18. The number of hydrogen-bond donors (Lipinski definition) is 3. The van der Waals surface area contributed by atoms with Gasteiger partial charge >= 0.3 is 6.09 Å². The average Bonchev–Trinajstić information content (AvgIpc) is 3.65. The summed E-state index contributed by atoms with van der Waals surface area (Å²) in [6, 6.07) is 5.90. The number of aromatic nitrogens is 4. The van der Waals surface area contributed by atoms with Gasteiger partial charge in [0, 0.05) is 54.0 Å². The van der Waals surface area contributed by atoms with Gasteiger partial charge in [-0.2, -0.15) is 5.10 Å². The monoisotopic (exact) mass is 494 g/mol. The van der Waals surface area contributed by atoms with Crippen LogP contribution in [-0.4, -0.2) is 58.2 Å². The second kappa shape index (κ2) is 11.1. The van der Waals surface area contributed by atoms with Crippen LogP contribution in [0.25, 0.3) is 10.9 Å². The van der Waals surface area contributed by atoms with Crippen molar-refractivity contribution < 1.29 is 19.0 Å². The smallest absolute Gasteiger partial charge is 0.407 e. The SMILES string of the molecule is CCC(C)NC(=O)O[C@@H]1CC[C@H](c2cc(Nc3nccc4c(OCC5CCOC5)ccnc34)n[nH]2)C1. The zero-order valence-electron chi connectivity index (χ0n) is 20.8. The molecule has 4 heterocycles. The molecule has 3 aromatic rings. The Morgan fingerprint density at radius 2 is 2.14 bits per heavy atom. The highest BCUT2D eigenvalue weighted by atomic mass is 16.6. The number of nitrogens with one attached hydrogen (secondary N) is 3. The average molecular weight is 495 g/mol. The van der Waals surface area contributed by atoms with E-state index < -0.39 is 0 Å². The number of ether oxygens (including phenoxy) is 3. The van der Waals surface area contributed by atoms with Crippen LogP contribution in [0.2, 0.25) is 0 Å². The number of hydrogen-bond acceptors (Lipinski definition) is 8. The van der Waals surface area contributed by atoms with Crippen molar-refractivity contribution in [2.24, 2.45) is 5.92 Å². The highest BCUT2D eigenvalue weighted by Crippen LogP contribution is 2.36. The molecule has 3 aromatic heterocycles. The molecular weight excluding hydrogens is 460 g/mol. The highest BCUT2D eigenvalue weighted by molar-refractivity contribution is 5.93. The van der Waals surface area contributed by atoms with Gasteiger partial charge in [0.05, 0.1) is 13.2 Å². The van der Waals surface area contributed by atoms with E-state index in [0.29, 0.717) is 24.2 Å². The normalized spacial score (nSPS) is 22.4. The molecule has 192 valence electrons. The minimum absolute atomic E-state index is 0.0862. The van der Waals surface area contributed by atoms with E-state index in [1.54, 1.807) is 12.4 Å². The quantitative estimate of drug-likeness (QED) is 0.392. The fraction of sp³-hybridized carbons (Fsp3) is 0.538. The van der Waals surface area contributed by atoms with E-state index in [1.165, 1.54) is 0 Å². The van der Waals surface area contributed by atoms with Crippen LogP contribution in [-0.2, 0) is 9.47 Å². The Balaban J connectivity index is 1.22. The molecule has 10 heteroatoms. The van der Waals surface area contributed by atoms with Crippen LogP contribution < -0.4 is 15.4 Å². The number of H-pyrrole nitrogens is 1. The molecule has 0 radical (unpaired) electrons. The first-order valence-corrected chi connectivity index (χ1v) is 12.8. The number of fused-ring (bicyclic) bond motifs is 1. The van der Waals surface area contributed by atoms with Gasteiger partial charge in [0.15, 0.2) is 11.6 Å². The molecule has 3 N–H and O–H groups in total. The number of rotatable bonds is 9. The second-order valence-corrected chi connectivity index (χ2v) is 9.73. The van der Waals surface area contributed by atoms with Crippen molar-refractivity contribution in [2.45, 2.75) is 64.0 Å². The summed E-state index contributed by atoms with van der Waals surface area (Å²) in [4.78, 5) is 21.1. The van der Waals surface area contributed by atoms with Crippen molar-refractivity contribution in [1.29, 1.82) is 0 Å². The summed E-state index contributed by atoms with van der Waals surface area (Å²) in [6.07, 6.45) is 7.50. The summed E-state index contributed by atoms with van der Waals surface area (Å²) in [5.74, 6) is 2.75. The predicted molar refractivity (Wildman–Crippen MR) is 136 cm³/mol. The van der Waals surface area contributed by atoms with Gasteiger partial charge in [-0.3, -0.25) is 10.1 Å². The maximum absolute atomic E-state index is 12.1. The molecule has 36 heavy (non-hydrogen) atoms. The largest absolute Gasteiger partial charge is 0.492 e. The highest BCUT2D eigenvalue weighted by Gasteiger charge is 2.30. The van der Waals surface area contributed by atoms with E-state index in [0.717, 1.165) is 67.7 Å². The van der Waals surface area contributed by atoms with Gasteiger partial charge in [-0.25, -0.2) is 9.78 Å². The Bertz CT molecular complexity index is 1180. The van der Waals surface area contributed by atoms with E-state index >= 15 is 0 Å². The van der Waals surface area contributed by atoms with E-state index in [2.05, 4.69) is 30.8 Å². The first kappa shape index (κ1) is 24.3. The summed E-state index contributed by atoms with van der Waals surface area (Å²) >= 11 is 0. The van der Waals surface area contributed by atoms with Crippen molar-refractivity contribution in [3.8, 4) is 5.75 Å². The molecule has 2 aliphatic rings. The fourth-order valence-electron chi connectivity index (χ4n) is 4.74. The number of carbonyl (C=O) groups is 1. The number of pyridine rings is 2. The molecule has 2 unspecified atom stereocenters. The van der Waals surface area contributed by atoms with Crippen molar-refractivity contribution in [2.75, 3.05) is 25.1 Å². The number of amides is 1. The standard InChI is InChI=1S/C26H34N6O4/c1-3-16(2)29-26(33)36-19-5-4-18(12-19)21-13-23(32-31-21)30-25-24-20(6-9-28-25)22(7-10-27-24)35-15-17-8-11-34-14-17/h6-7,9-10,13,16-19H,3-5,8,11-12,14-15H2,1-2H3,(H,29,33)(H2,28,30,31,32)/t16?,17?,18-,19+/m0/s1. The fourth-order valence-corrected chi connectivity index (χ4v) is 4.74. The van der Waals surface area contributed by atoms with Gasteiger partial charge in [-0.15, -0.1) is 0 Å². The molecule has 1 amide bonds. The van der Waals surface area contributed by atoms with Crippen LogP contribution in [0, 0.1) is 5.92 Å². The zero-order chi connectivity index (χ0) is 24.9. The third kappa shape index (κ3) is 5.70. The minimum Gasteiger partial charge on any atom is -0.492 e. The molecule has 1 saturated heterocycles. The lowest BCUT2D eigenvalue weighted by Crippen LogP contribution is -2.34. The minimum atomic E-state index is -0.337. The molecule has 1 aliphatic carbocycles. The predicted octanol–water partition coefficient (Wildman–Crippen LogP) is 4.67. The van der Waals surface area contributed by atoms with Crippen LogP contribution >= 0.6 is 0 Å². The Kier molecular flexibility index (Phi) is 7.50. The Labute approximate surface area is 210 Å². The lowest BCUT2D eigenvalue weighted by atomic mass is 10.0. The number of carbonyl (C=O) groups excluding carboxylic acids is 1.